The number of nitrogens with two attached hydrogens (primary N) is 1. The lowest BCUT2D eigenvalue weighted by molar-refractivity contribution is 0.432. The van der Waals surface area contributed by atoms with Crippen molar-refractivity contribution in [1.29, 1.82) is 0 Å². The van der Waals surface area contributed by atoms with Crippen molar-refractivity contribution in [3.05, 3.63) is 51.3 Å². The first-order valence-corrected chi connectivity index (χ1v) is 7.28. The van der Waals surface area contributed by atoms with Gasteiger partial charge in [0.1, 0.15) is 5.82 Å². The number of aryl methyl sites for hydroxylation is 1. The van der Waals surface area contributed by atoms with E-state index < -0.39 is 0 Å². The number of nitrogens with zero attached hydrogens (tertiary/aromatic N) is 2. The summed E-state index contributed by atoms with van der Waals surface area (Å²) in [5.41, 5.74) is 8.68. The number of hydrogen-bond acceptors (Lipinski definition) is 4. The van der Waals surface area contributed by atoms with Crippen LogP contribution < -0.4 is 5.73 Å². The Hall–Kier alpha value is -1.96. The van der Waals surface area contributed by atoms with Crippen LogP contribution in [0.1, 0.15) is 5.56 Å². The molecule has 0 atom stereocenters. The maximum atomic E-state index is 13.1. The highest BCUT2D eigenvalue weighted by Gasteiger charge is 2.15. The van der Waals surface area contributed by atoms with Gasteiger partial charge in [0.25, 0.3) is 5.89 Å². The number of aromatic nitrogens is 2. The highest BCUT2D eigenvalue weighted by atomic mass is 127. The molecule has 2 aromatic carbocycles. The molecule has 0 bridgehead atoms. The number of anilines is 1. The summed E-state index contributed by atoms with van der Waals surface area (Å²) in [4.78, 5) is 4.36. The second kappa shape index (κ2) is 5.44. The predicted octanol–water partition coefficient (Wildman–Crippen LogP) is 4.04. The van der Waals surface area contributed by atoms with Gasteiger partial charge in [-0.2, -0.15) is 4.98 Å². The molecular weight excluding hydrogens is 384 g/mol. The van der Waals surface area contributed by atoms with E-state index in [2.05, 4.69) is 32.7 Å². The summed E-state index contributed by atoms with van der Waals surface area (Å²) >= 11 is 2.19. The zero-order valence-corrected chi connectivity index (χ0v) is 13.3. The van der Waals surface area contributed by atoms with Crippen LogP contribution in [0.3, 0.4) is 0 Å². The van der Waals surface area contributed by atoms with E-state index in [-0.39, 0.29) is 5.82 Å². The predicted molar refractivity (Wildman–Crippen MR) is 87.0 cm³/mol. The first-order valence-electron chi connectivity index (χ1n) is 6.20. The maximum Gasteiger partial charge on any atom is 0.260 e. The fraction of sp³-hybridized carbons (Fsp3) is 0.0667. The van der Waals surface area contributed by atoms with E-state index in [1.807, 2.05) is 12.1 Å². The lowest BCUT2D eigenvalue weighted by Gasteiger charge is -2.01. The maximum absolute atomic E-state index is 13.1. The molecule has 0 radical (unpaired) electrons. The quantitative estimate of drug-likeness (QED) is 0.526. The lowest BCUT2D eigenvalue weighted by atomic mass is 10.1. The van der Waals surface area contributed by atoms with Gasteiger partial charge >= 0.3 is 0 Å². The van der Waals surface area contributed by atoms with Gasteiger partial charge in [-0.25, -0.2) is 4.39 Å². The number of nitrogen functional groups attached to an aromatic ring is 1. The Bertz CT molecular complexity index is 816. The van der Waals surface area contributed by atoms with E-state index in [9.17, 15) is 4.39 Å². The molecule has 6 heteroatoms. The minimum absolute atomic E-state index is 0.290. The van der Waals surface area contributed by atoms with Crippen molar-refractivity contribution in [3.8, 4) is 22.8 Å². The summed E-state index contributed by atoms with van der Waals surface area (Å²) in [5.74, 6) is 0.479. The molecule has 1 aromatic heterocycles. The van der Waals surface area contributed by atoms with Gasteiger partial charge in [0.2, 0.25) is 5.82 Å². The van der Waals surface area contributed by atoms with Crippen molar-refractivity contribution in [2.45, 2.75) is 6.92 Å². The van der Waals surface area contributed by atoms with Gasteiger partial charge in [-0.15, -0.1) is 0 Å². The van der Waals surface area contributed by atoms with Gasteiger partial charge in [0.15, 0.2) is 0 Å². The molecule has 0 aliphatic rings. The van der Waals surface area contributed by atoms with Crippen LogP contribution in [0.25, 0.3) is 22.8 Å². The molecule has 0 spiro atoms. The van der Waals surface area contributed by atoms with E-state index in [0.29, 0.717) is 23.0 Å². The molecule has 1 heterocycles. The molecule has 2 N–H and O–H groups in total. The van der Waals surface area contributed by atoms with Gasteiger partial charge < -0.3 is 10.3 Å². The van der Waals surface area contributed by atoms with Crippen LogP contribution in [0.2, 0.25) is 0 Å². The van der Waals surface area contributed by atoms with Crippen molar-refractivity contribution in [1.82, 2.24) is 10.1 Å². The second-order valence-electron chi connectivity index (χ2n) is 4.61. The van der Waals surface area contributed by atoms with E-state index in [1.54, 1.807) is 19.1 Å². The summed E-state index contributed by atoms with van der Waals surface area (Å²) in [6.07, 6.45) is 0. The van der Waals surface area contributed by atoms with Crippen LogP contribution in [0.15, 0.2) is 40.9 Å². The zero-order valence-electron chi connectivity index (χ0n) is 11.1. The van der Waals surface area contributed by atoms with E-state index in [1.165, 1.54) is 12.1 Å². The third-order valence-corrected chi connectivity index (χ3v) is 3.77. The van der Waals surface area contributed by atoms with Crippen molar-refractivity contribution in [2.24, 2.45) is 0 Å². The first kappa shape index (κ1) is 14.0. The molecule has 0 aliphatic heterocycles. The van der Waals surface area contributed by atoms with Crippen LogP contribution >= 0.6 is 22.6 Å². The molecule has 0 unspecified atom stereocenters. The highest BCUT2D eigenvalue weighted by Crippen LogP contribution is 2.29. The van der Waals surface area contributed by atoms with E-state index in [0.717, 1.165) is 14.7 Å². The Morgan fingerprint density at radius 3 is 2.71 bits per heavy atom. The summed E-state index contributed by atoms with van der Waals surface area (Å²) in [7, 11) is 0. The molecule has 0 aliphatic carbocycles. The molecule has 21 heavy (non-hydrogen) atoms. The molecule has 106 valence electrons. The largest absolute Gasteiger partial charge is 0.398 e. The number of halogens is 2. The molecule has 3 rings (SSSR count). The zero-order chi connectivity index (χ0) is 15.0. The smallest absolute Gasteiger partial charge is 0.260 e. The summed E-state index contributed by atoms with van der Waals surface area (Å²) < 4.78 is 19.5. The van der Waals surface area contributed by atoms with E-state index >= 15 is 0 Å². The van der Waals surface area contributed by atoms with Crippen molar-refractivity contribution >= 4 is 28.3 Å². The summed E-state index contributed by atoms with van der Waals surface area (Å²) in [6.45, 7) is 1.80. The van der Waals surface area contributed by atoms with Crippen LogP contribution in [0.4, 0.5) is 10.1 Å². The minimum Gasteiger partial charge on any atom is -0.398 e. The molecule has 3 aromatic rings. The van der Waals surface area contributed by atoms with Crippen LogP contribution in [-0.4, -0.2) is 10.1 Å². The first-order chi connectivity index (χ1) is 10.0. The van der Waals surface area contributed by atoms with Crippen molar-refractivity contribution < 1.29 is 8.91 Å². The van der Waals surface area contributed by atoms with Gasteiger partial charge in [-0.3, -0.25) is 0 Å². The van der Waals surface area contributed by atoms with Crippen molar-refractivity contribution in [2.75, 3.05) is 5.73 Å². The molecular formula is C15H11FIN3O. The van der Waals surface area contributed by atoms with E-state index in [4.69, 9.17) is 10.3 Å². The fourth-order valence-electron chi connectivity index (χ4n) is 2.03. The average molecular weight is 395 g/mol. The minimum atomic E-state index is -0.290. The molecule has 0 saturated carbocycles. The Morgan fingerprint density at radius 1 is 1.14 bits per heavy atom. The Labute approximate surface area is 134 Å². The van der Waals surface area contributed by atoms with Crippen LogP contribution in [-0.2, 0) is 0 Å². The topological polar surface area (TPSA) is 64.9 Å². The molecule has 0 amide bonds. The summed E-state index contributed by atoms with van der Waals surface area (Å²) in [6, 6.07) is 10.0. The van der Waals surface area contributed by atoms with Gasteiger partial charge in [0.05, 0.1) is 5.56 Å². The fourth-order valence-corrected chi connectivity index (χ4v) is 2.53. The highest BCUT2D eigenvalue weighted by molar-refractivity contribution is 14.1. The van der Waals surface area contributed by atoms with Gasteiger partial charge in [-0.05, 0) is 71.5 Å². The average Bonchev–Trinajstić information content (AvgIpc) is 2.91. The molecule has 0 fully saturated rings. The van der Waals surface area contributed by atoms with Crippen LogP contribution in [0.5, 0.6) is 0 Å². The number of benzene rings is 2. The number of hydrogen-bond donors (Lipinski definition) is 1. The Balaban J connectivity index is 2.06. The Kier molecular flexibility index (Phi) is 3.62. The second-order valence-corrected chi connectivity index (χ2v) is 5.86. The molecule has 0 saturated heterocycles. The van der Waals surface area contributed by atoms with Crippen molar-refractivity contribution in [3.63, 3.8) is 0 Å². The van der Waals surface area contributed by atoms with Gasteiger partial charge in [-0.1, -0.05) is 5.16 Å². The SMILES string of the molecule is Cc1cc(F)ccc1-c1noc(-c2cc(I)ccc2N)n1. The standard InChI is InChI=1S/C15H11FIN3O/c1-8-6-9(16)2-4-11(8)14-19-15(21-20-14)12-7-10(17)3-5-13(12)18/h2-7H,18H2,1H3. The third-order valence-electron chi connectivity index (χ3n) is 3.10. The Morgan fingerprint density at radius 2 is 1.95 bits per heavy atom. The molecule has 4 nitrogen and oxygen atoms in total. The third kappa shape index (κ3) is 2.76. The van der Waals surface area contributed by atoms with Crippen LogP contribution in [0, 0.1) is 16.3 Å². The monoisotopic (exact) mass is 395 g/mol. The number of rotatable bonds is 2. The summed E-state index contributed by atoms with van der Waals surface area (Å²) in [5, 5.41) is 3.96. The van der Waals surface area contributed by atoms with Gasteiger partial charge in [0, 0.05) is 14.8 Å². The normalized spacial score (nSPS) is 10.8. The lowest BCUT2D eigenvalue weighted by Crippen LogP contribution is -1.91.